The molecule has 0 bridgehead atoms. The Kier molecular flexibility index (Phi) is 3.80. The fraction of sp³-hybridized carbons (Fsp3) is 0. The van der Waals surface area contributed by atoms with Crippen LogP contribution in [-0.2, 0) is 0 Å². The molecule has 90 valence electrons. The van der Waals surface area contributed by atoms with Crippen molar-refractivity contribution in [2.45, 2.75) is 0 Å². The second-order valence-corrected chi connectivity index (χ2v) is 9.58. The van der Waals surface area contributed by atoms with Crippen LogP contribution in [0, 0.1) is 30.7 Å². The zero-order valence-corrected chi connectivity index (χ0v) is 12.3. The van der Waals surface area contributed by atoms with E-state index in [1.807, 2.05) is 22.6 Å². The third-order valence-corrected chi connectivity index (χ3v) is 6.41. The number of hydrogen-bond acceptors (Lipinski definition) is 0. The summed E-state index contributed by atoms with van der Waals surface area (Å²) in [4.78, 5) is 0. The summed E-state index contributed by atoms with van der Waals surface area (Å²) in [6, 6.07) is 3.03. The molecular formula is C10H2F5ITe. The van der Waals surface area contributed by atoms with E-state index in [1.54, 1.807) is 6.07 Å². The van der Waals surface area contributed by atoms with Crippen LogP contribution in [0.3, 0.4) is 0 Å². The zero-order chi connectivity index (χ0) is 12.7. The predicted molar refractivity (Wildman–Crippen MR) is 61.3 cm³/mol. The number of halogens is 6. The summed E-state index contributed by atoms with van der Waals surface area (Å²) < 4.78 is 66.7. The van der Waals surface area contributed by atoms with Gasteiger partial charge in [-0.25, -0.2) is 0 Å². The van der Waals surface area contributed by atoms with Crippen molar-refractivity contribution in [3.8, 4) is 9.14 Å². The number of hydrogen-bond donors (Lipinski definition) is 0. The van der Waals surface area contributed by atoms with E-state index in [4.69, 9.17) is 0 Å². The van der Waals surface area contributed by atoms with Gasteiger partial charge in [-0.2, -0.15) is 0 Å². The van der Waals surface area contributed by atoms with Gasteiger partial charge in [-0.15, -0.1) is 0 Å². The van der Waals surface area contributed by atoms with Crippen molar-refractivity contribution in [1.82, 2.24) is 0 Å². The fourth-order valence-corrected chi connectivity index (χ4v) is 5.22. The first-order valence-corrected chi connectivity index (χ1v) is 7.61. The van der Waals surface area contributed by atoms with Crippen molar-refractivity contribution in [2.24, 2.45) is 0 Å². The van der Waals surface area contributed by atoms with Crippen LogP contribution in [0.2, 0.25) is 0 Å². The van der Waals surface area contributed by atoms with Crippen LogP contribution in [-0.4, -0.2) is 20.4 Å². The monoisotopic (exact) mass is 474 g/mol. The van der Waals surface area contributed by atoms with E-state index < -0.39 is 55.1 Å². The van der Waals surface area contributed by atoms with Gasteiger partial charge in [-0.3, -0.25) is 0 Å². The van der Waals surface area contributed by atoms with Gasteiger partial charge in [0.15, 0.2) is 0 Å². The molecule has 0 nitrogen and oxygen atoms in total. The quantitative estimate of drug-likeness (QED) is 0.196. The number of rotatable bonds is 1. The Morgan fingerprint density at radius 3 is 1.65 bits per heavy atom. The summed E-state index contributed by atoms with van der Waals surface area (Å²) >= 11 is 0.934. The maximum absolute atomic E-state index is 13.4. The van der Waals surface area contributed by atoms with E-state index in [-0.39, 0.29) is 3.58 Å². The van der Waals surface area contributed by atoms with Crippen LogP contribution in [0.1, 0.15) is 0 Å². The van der Waals surface area contributed by atoms with Crippen molar-refractivity contribution in [3.05, 3.63) is 42.8 Å². The Labute approximate surface area is 116 Å². The Bertz CT molecular complexity index is 564. The molecule has 2 rings (SSSR count). The molecule has 0 radical (unpaired) electrons. The van der Waals surface area contributed by atoms with Gasteiger partial charge in [0.2, 0.25) is 0 Å². The normalized spacial score (nSPS) is 10.9. The van der Waals surface area contributed by atoms with Crippen LogP contribution < -0.4 is 0 Å². The maximum atomic E-state index is 13.4. The average Bonchev–Trinajstić information content (AvgIpc) is 2.71. The van der Waals surface area contributed by atoms with E-state index in [2.05, 4.69) is 0 Å². The standard InChI is InChI=1S/C10H2F5ITe/c11-6-5(3-1-2-4(16)17-3)7(12)9(14)10(15)8(6)13/h1-2H. The Morgan fingerprint density at radius 1 is 0.765 bits per heavy atom. The molecule has 0 saturated carbocycles. The summed E-state index contributed by atoms with van der Waals surface area (Å²) in [5, 5.41) is 0. The van der Waals surface area contributed by atoms with E-state index in [0.717, 1.165) is 1.59 Å². The van der Waals surface area contributed by atoms with Crippen molar-refractivity contribution < 1.29 is 22.0 Å². The molecule has 1 aromatic heterocycles. The minimum atomic E-state index is -2.12. The van der Waals surface area contributed by atoms with E-state index in [0.29, 0.717) is 0 Å². The molecular weight excluding hydrogens is 470 g/mol. The summed E-state index contributed by atoms with van der Waals surface area (Å²) in [5.41, 5.74) is -0.785. The molecule has 0 unspecified atom stereocenters. The van der Waals surface area contributed by atoms with Gasteiger partial charge in [0.1, 0.15) is 0 Å². The topological polar surface area (TPSA) is 0 Å². The summed E-state index contributed by atoms with van der Waals surface area (Å²) in [6.45, 7) is 0. The average molecular weight is 472 g/mol. The van der Waals surface area contributed by atoms with Crippen LogP contribution in [0.25, 0.3) is 9.14 Å². The van der Waals surface area contributed by atoms with E-state index in [1.165, 1.54) is 6.07 Å². The van der Waals surface area contributed by atoms with Gasteiger partial charge in [0.25, 0.3) is 0 Å². The van der Waals surface area contributed by atoms with E-state index >= 15 is 0 Å². The van der Waals surface area contributed by atoms with Gasteiger partial charge >= 0.3 is 117 Å². The predicted octanol–water partition coefficient (Wildman–Crippen LogP) is 3.71. The first kappa shape index (κ1) is 13.3. The van der Waals surface area contributed by atoms with Crippen LogP contribution >= 0.6 is 22.6 Å². The molecule has 17 heavy (non-hydrogen) atoms. The molecule has 0 saturated heterocycles. The van der Waals surface area contributed by atoms with Crippen LogP contribution in [0.4, 0.5) is 22.0 Å². The molecule has 1 aromatic carbocycles. The van der Waals surface area contributed by atoms with Crippen molar-refractivity contribution in [3.63, 3.8) is 0 Å². The van der Waals surface area contributed by atoms with Crippen molar-refractivity contribution in [1.29, 1.82) is 0 Å². The third kappa shape index (κ3) is 2.25. The second-order valence-electron chi connectivity index (χ2n) is 3.05. The summed E-state index contributed by atoms with van der Waals surface area (Å²) in [6.07, 6.45) is 0. The first-order chi connectivity index (χ1) is 7.93. The fourth-order valence-electron chi connectivity index (χ4n) is 1.27. The molecule has 0 aliphatic carbocycles. The Balaban J connectivity index is 2.78. The SMILES string of the molecule is Fc1c(F)c(F)c(-c2ccc(I)[te]2)c(F)c1F. The molecule has 7 heteroatoms. The van der Waals surface area contributed by atoms with Crippen molar-refractivity contribution in [2.75, 3.05) is 0 Å². The number of benzene rings is 1. The van der Waals surface area contributed by atoms with Gasteiger partial charge in [-0.05, 0) is 0 Å². The molecule has 2 aromatic rings. The summed E-state index contributed by atoms with van der Waals surface area (Å²) in [5.74, 6) is -9.41. The third-order valence-electron chi connectivity index (χ3n) is 2.03. The van der Waals surface area contributed by atoms with Gasteiger partial charge < -0.3 is 0 Å². The van der Waals surface area contributed by atoms with E-state index in [9.17, 15) is 22.0 Å². The minimum absolute atomic E-state index is 0.215. The molecule has 0 spiro atoms. The Hall–Kier alpha value is -0.130. The second kappa shape index (κ2) is 4.86. The molecule has 0 aliphatic heterocycles. The molecule has 0 atom stereocenters. The summed E-state index contributed by atoms with van der Waals surface area (Å²) in [7, 11) is 0. The van der Waals surface area contributed by atoms with Gasteiger partial charge in [0.05, 0.1) is 0 Å². The van der Waals surface area contributed by atoms with Gasteiger partial charge in [0, 0.05) is 0 Å². The molecule has 0 aliphatic rings. The van der Waals surface area contributed by atoms with Gasteiger partial charge in [-0.1, -0.05) is 0 Å². The first-order valence-electron chi connectivity index (χ1n) is 4.20. The zero-order valence-electron chi connectivity index (χ0n) is 7.83. The van der Waals surface area contributed by atoms with Crippen molar-refractivity contribution >= 4 is 43.0 Å². The molecule has 0 N–H and O–H groups in total. The molecule has 0 amide bonds. The molecule has 1 heterocycles. The molecule has 0 fully saturated rings. The Morgan fingerprint density at radius 2 is 1.24 bits per heavy atom. The van der Waals surface area contributed by atoms with Crippen LogP contribution in [0.5, 0.6) is 0 Å². The van der Waals surface area contributed by atoms with Crippen LogP contribution in [0.15, 0.2) is 12.1 Å².